The summed E-state index contributed by atoms with van der Waals surface area (Å²) in [7, 11) is 0. The number of nitrogens with zero attached hydrogens (tertiary/aromatic N) is 1. The van der Waals surface area contributed by atoms with E-state index in [4.69, 9.17) is 18.9 Å². The fourth-order valence-electron chi connectivity index (χ4n) is 3.83. The van der Waals surface area contributed by atoms with Crippen LogP contribution in [0.5, 0.6) is 0 Å². The number of benzene rings is 3. The predicted octanol–water partition coefficient (Wildman–Crippen LogP) is 4.80. The summed E-state index contributed by atoms with van der Waals surface area (Å²) in [6.45, 7) is 0.283. The number of nitro groups is 1. The Morgan fingerprint density at radius 3 is 2.23 bits per heavy atom. The monoisotopic (exact) mass is 529 g/mol. The Kier molecular flexibility index (Phi) is 9.71. The van der Waals surface area contributed by atoms with Gasteiger partial charge in [-0.15, -0.1) is 0 Å². The van der Waals surface area contributed by atoms with E-state index in [0.717, 1.165) is 11.1 Å². The van der Waals surface area contributed by atoms with E-state index < -0.39 is 35.2 Å². The maximum atomic E-state index is 12.5. The lowest BCUT2D eigenvalue weighted by molar-refractivity contribution is -0.384. The van der Waals surface area contributed by atoms with Crippen molar-refractivity contribution >= 4 is 23.7 Å². The normalized spacial score (nSPS) is 17.5. The molecule has 1 aliphatic heterocycles. The number of nitro benzene ring substituents is 1. The van der Waals surface area contributed by atoms with Crippen molar-refractivity contribution in [2.75, 3.05) is 6.61 Å². The predicted molar refractivity (Wildman–Crippen MR) is 142 cm³/mol. The molecular formula is C30H27NO8. The van der Waals surface area contributed by atoms with Crippen LogP contribution < -0.4 is 0 Å². The molecule has 0 aliphatic carbocycles. The van der Waals surface area contributed by atoms with E-state index in [9.17, 15) is 19.7 Å². The maximum absolute atomic E-state index is 12.5. The Balaban J connectivity index is 1.43. The van der Waals surface area contributed by atoms with Crippen molar-refractivity contribution in [3.63, 3.8) is 0 Å². The summed E-state index contributed by atoms with van der Waals surface area (Å²) in [4.78, 5) is 35.0. The lowest BCUT2D eigenvalue weighted by Crippen LogP contribution is -2.47. The highest BCUT2D eigenvalue weighted by Gasteiger charge is 2.36. The molecule has 0 saturated carbocycles. The third kappa shape index (κ3) is 8.46. The van der Waals surface area contributed by atoms with Crippen LogP contribution in [0.4, 0.5) is 5.69 Å². The third-order valence-corrected chi connectivity index (χ3v) is 5.86. The van der Waals surface area contributed by atoms with Crippen molar-refractivity contribution in [2.45, 2.75) is 31.5 Å². The smallest absolute Gasteiger partial charge is 0.330 e. The van der Waals surface area contributed by atoms with Gasteiger partial charge in [-0.05, 0) is 41.0 Å². The number of esters is 2. The third-order valence-electron chi connectivity index (χ3n) is 5.86. The Hall–Kier alpha value is -4.60. The van der Waals surface area contributed by atoms with Gasteiger partial charge in [0.2, 0.25) is 0 Å². The Morgan fingerprint density at radius 2 is 1.59 bits per heavy atom. The van der Waals surface area contributed by atoms with E-state index in [2.05, 4.69) is 0 Å². The van der Waals surface area contributed by atoms with Gasteiger partial charge in [-0.25, -0.2) is 9.59 Å². The van der Waals surface area contributed by atoms with Crippen molar-refractivity contribution in [1.82, 2.24) is 0 Å². The number of hydrogen-bond acceptors (Lipinski definition) is 8. The number of hydrogen-bond donors (Lipinski definition) is 0. The summed E-state index contributed by atoms with van der Waals surface area (Å²) >= 11 is 0. The average molecular weight is 530 g/mol. The van der Waals surface area contributed by atoms with Gasteiger partial charge < -0.3 is 18.9 Å². The number of ether oxygens (including phenoxy) is 4. The zero-order valence-corrected chi connectivity index (χ0v) is 21.0. The molecule has 200 valence electrons. The molecule has 0 radical (unpaired) electrons. The largest absolute Gasteiger partial charge is 0.460 e. The molecule has 4 rings (SSSR count). The van der Waals surface area contributed by atoms with Crippen molar-refractivity contribution in [3.05, 3.63) is 130 Å². The van der Waals surface area contributed by atoms with E-state index >= 15 is 0 Å². The van der Waals surface area contributed by atoms with E-state index in [1.807, 2.05) is 60.7 Å². The summed E-state index contributed by atoms with van der Waals surface area (Å²) in [5.41, 5.74) is 2.39. The summed E-state index contributed by atoms with van der Waals surface area (Å²) in [6.07, 6.45) is 3.32. The highest BCUT2D eigenvalue weighted by Crippen LogP contribution is 2.21. The van der Waals surface area contributed by atoms with E-state index in [0.29, 0.717) is 5.56 Å². The highest BCUT2D eigenvalue weighted by molar-refractivity contribution is 5.87. The highest BCUT2D eigenvalue weighted by atomic mass is 16.6. The number of non-ortho nitro benzene ring substituents is 1. The van der Waals surface area contributed by atoms with Crippen LogP contribution in [0.3, 0.4) is 0 Å². The van der Waals surface area contributed by atoms with Crippen LogP contribution in [0.25, 0.3) is 6.08 Å². The minimum absolute atomic E-state index is 0.0479. The molecule has 0 saturated heterocycles. The minimum Gasteiger partial charge on any atom is -0.460 e. The van der Waals surface area contributed by atoms with Crippen molar-refractivity contribution in [1.29, 1.82) is 0 Å². The van der Waals surface area contributed by atoms with Crippen molar-refractivity contribution in [3.8, 4) is 0 Å². The van der Waals surface area contributed by atoms with Crippen LogP contribution >= 0.6 is 0 Å². The Morgan fingerprint density at radius 1 is 0.949 bits per heavy atom. The number of carbonyl (C=O) groups is 2. The van der Waals surface area contributed by atoms with Crippen molar-refractivity contribution < 1.29 is 33.5 Å². The van der Waals surface area contributed by atoms with Gasteiger partial charge in [0.05, 0.1) is 18.1 Å². The fourth-order valence-corrected chi connectivity index (χ4v) is 3.83. The summed E-state index contributed by atoms with van der Waals surface area (Å²) < 4.78 is 23.2. The zero-order valence-electron chi connectivity index (χ0n) is 21.0. The van der Waals surface area contributed by atoms with Gasteiger partial charge in [0.1, 0.15) is 18.8 Å². The second kappa shape index (κ2) is 13.8. The second-order valence-electron chi connectivity index (χ2n) is 8.67. The molecule has 3 atom stereocenters. The first-order valence-electron chi connectivity index (χ1n) is 12.3. The molecule has 0 fully saturated rings. The summed E-state index contributed by atoms with van der Waals surface area (Å²) in [5, 5.41) is 10.8. The quantitative estimate of drug-likeness (QED) is 0.142. The first-order valence-corrected chi connectivity index (χ1v) is 12.3. The van der Waals surface area contributed by atoms with Gasteiger partial charge >= 0.3 is 11.9 Å². The molecule has 0 unspecified atom stereocenters. The van der Waals surface area contributed by atoms with Gasteiger partial charge in [0, 0.05) is 24.3 Å². The van der Waals surface area contributed by atoms with Gasteiger partial charge in [-0.1, -0.05) is 60.7 Å². The number of carbonyl (C=O) groups excluding carboxylic acids is 2. The molecule has 3 aromatic rings. The molecule has 1 heterocycles. The number of rotatable bonds is 12. The zero-order chi connectivity index (χ0) is 27.5. The fraction of sp³-hybridized carbons (Fsp3) is 0.200. The van der Waals surface area contributed by atoms with Gasteiger partial charge in [0.25, 0.3) is 5.69 Å². The first-order chi connectivity index (χ1) is 19.0. The SMILES string of the molecule is O=C1C=C[C@@H](OCc2ccccc2)[C@@H]([C@@H](COC(=O)/C=C/c2ccc([N+](=O)[O-])cc2)OCc2ccccc2)O1. The molecular weight excluding hydrogens is 502 g/mol. The molecule has 0 amide bonds. The molecule has 9 heteroatoms. The van der Waals surface area contributed by atoms with Crippen LogP contribution in [0.2, 0.25) is 0 Å². The molecule has 3 aromatic carbocycles. The Bertz CT molecular complexity index is 1310. The number of cyclic esters (lactones) is 1. The van der Waals surface area contributed by atoms with Gasteiger partial charge in [-0.3, -0.25) is 10.1 Å². The van der Waals surface area contributed by atoms with E-state index in [1.165, 1.54) is 42.5 Å². The maximum Gasteiger partial charge on any atom is 0.330 e. The molecule has 0 spiro atoms. The topological polar surface area (TPSA) is 114 Å². The molecule has 1 aliphatic rings. The standard InChI is InChI=1S/C30H27NO8/c32-28(17-13-22-11-14-25(15-12-22)31(34)35)38-21-27(37-20-24-9-5-2-6-10-24)30-26(16-18-29(33)39-30)36-19-23-7-3-1-4-8-23/h1-18,26-27,30H,19-21H2/b17-13+/t26-,27-,30+/m1/s1. The van der Waals surface area contributed by atoms with E-state index in [1.54, 1.807) is 6.08 Å². The van der Waals surface area contributed by atoms with Gasteiger partial charge in [-0.2, -0.15) is 0 Å². The average Bonchev–Trinajstić information content (AvgIpc) is 2.97. The summed E-state index contributed by atoms with van der Waals surface area (Å²) in [6, 6.07) is 24.8. The second-order valence-corrected chi connectivity index (χ2v) is 8.67. The van der Waals surface area contributed by atoms with Gasteiger partial charge in [0.15, 0.2) is 6.10 Å². The van der Waals surface area contributed by atoms with Crippen LogP contribution in [0, 0.1) is 10.1 Å². The van der Waals surface area contributed by atoms with Crippen LogP contribution in [0.15, 0.2) is 103 Å². The molecule has 0 N–H and O–H groups in total. The van der Waals surface area contributed by atoms with Crippen molar-refractivity contribution in [2.24, 2.45) is 0 Å². The first kappa shape index (κ1) is 27.4. The van der Waals surface area contributed by atoms with Crippen LogP contribution in [-0.2, 0) is 41.8 Å². The van der Waals surface area contributed by atoms with E-state index in [-0.39, 0.29) is 25.5 Å². The minimum atomic E-state index is -0.860. The molecule has 0 bridgehead atoms. The lowest BCUT2D eigenvalue weighted by atomic mass is 10.0. The van der Waals surface area contributed by atoms with Crippen LogP contribution in [-0.4, -0.2) is 41.8 Å². The lowest BCUT2D eigenvalue weighted by Gasteiger charge is -2.33. The molecule has 9 nitrogen and oxygen atoms in total. The van der Waals surface area contributed by atoms with Crippen LogP contribution in [0.1, 0.15) is 16.7 Å². The molecule has 0 aromatic heterocycles. The Labute approximate surface area is 225 Å². The summed E-state index contributed by atoms with van der Waals surface area (Å²) in [5.74, 6) is -1.20. The molecule has 39 heavy (non-hydrogen) atoms.